The third-order valence-corrected chi connectivity index (χ3v) is 1.85. The molecule has 6 heteroatoms. The molecule has 2 rings (SSSR count). The maximum Gasteiger partial charge on any atom is 0.246 e. The van der Waals surface area contributed by atoms with Crippen LogP contribution in [0.25, 0.3) is 11.5 Å². The van der Waals surface area contributed by atoms with E-state index in [1.54, 1.807) is 18.3 Å². The van der Waals surface area contributed by atoms with E-state index in [9.17, 15) is 0 Å². The van der Waals surface area contributed by atoms with Crippen molar-refractivity contribution in [1.82, 2.24) is 15.1 Å². The van der Waals surface area contributed by atoms with Gasteiger partial charge in [0.15, 0.2) is 0 Å². The Balaban J connectivity index is 2.28. The summed E-state index contributed by atoms with van der Waals surface area (Å²) >= 11 is 0. The van der Waals surface area contributed by atoms with Crippen LogP contribution in [0.2, 0.25) is 0 Å². The highest BCUT2D eigenvalue weighted by atomic mass is 16.5. The van der Waals surface area contributed by atoms with E-state index in [0.29, 0.717) is 11.5 Å². The molecule has 1 atom stereocenters. The van der Waals surface area contributed by atoms with Crippen LogP contribution in [0.5, 0.6) is 0 Å². The highest BCUT2D eigenvalue weighted by molar-refractivity contribution is 5.47. The molecule has 0 aliphatic carbocycles. The zero-order chi connectivity index (χ0) is 10.7. The Morgan fingerprint density at radius 3 is 3.00 bits per heavy atom. The van der Waals surface area contributed by atoms with E-state index in [-0.39, 0.29) is 12.5 Å². The Hall–Kier alpha value is -1.79. The summed E-state index contributed by atoms with van der Waals surface area (Å²) < 4.78 is 4.89. The van der Waals surface area contributed by atoms with Crippen LogP contribution >= 0.6 is 0 Å². The number of aromatic nitrogens is 3. The van der Waals surface area contributed by atoms with Crippen molar-refractivity contribution in [2.75, 3.05) is 6.61 Å². The maximum absolute atomic E-state index is 8.80. The molecule has 0 fully saturated rings. The van der Waals surface area contributed by atoms with Crippen LogP contribution in [0.15, 0.2) is 28.9 Å². The fourth-order valence-electron chi connectivity index (χ4n) is 1.06. The average Bonchev–Trinajstić information content (AvgIpc) is 2.78. The summed E-state index contributed by atoms with van der Waals surface area (Å²) in [5.41, 5.74) is 6.13. The maximum atomic E-state index is 8.80. The summed E-state index contributed by atoms with van der Waals surface area (Å²) in [6.07, 6.45) is 1.64. The normalized spacial score (nSPS) is 12.7. The van der Waals surface area contributed by atoms with Crippen LogP contribution in [-0.2, 0) is 0 Å². The molecular formula is C9H10N4O2. The van der Waals surface area contributed by atoms with E-state index < -0.39 is 6.04 Å². The van der Waals surface area contributed by atoms with Crippen LogP contribution in [-0.4, -0.2) is 26.8 Å². The van der Waals surface area contributed by atoms with Crippen LogP contribution in [0.1, 0.15) is 11.9 Å². The minimum atomic E-state index is -0.644. The van der Waals surface area contributed by atoms with Gasteiger partial charge in [-0.25, -0.2) is 0 Å². The Bertz CT molecular complexity index is 429. The van der Waals surface area contributed by atoms with Crippen molar-refractivity contribution < 1.29 is 9.63 Å². The molecule has 78 valence electrons. The molecule has 2 heterocycles. The number of pyridine rings is 1. The number of nitrogens with zero attached hydrogens (tertiary/aromatic N) is 3. The molecule has 0 amide bonds. The zero-order valence-electron chi connectivity index (χ0n) is 7.87. The molecule has 2 aromatic heterocycles. The molecule has 2 aromatic rings. The second-order valence-corrected chi connectivity index (χ2v) is 2.96. The molecule has 0 aromatic carbocycles. The zero-order valence-corrected chi connectivity index (χ0v) is 7.87. The fourth-order valence-corrected chi connectivity index (χ4v) is 1.06. The first-order valence-corrected chi connectivity index (χ1v) is 4.42. The lowest BCUT2D eigenvalue weighted by Crippen LogP contribution is -2.14. The minimum Gasteiger partial charge on any atom is -0.394 e. The van der Waals surface area contributed by atoms with E-state index in [1.807, 2.05) is 6.07 Å². The van der Waals surface area contributed by atoms with E-state index in [1.165, 1.54) is 0 Å². The van der Waals surface area contributed by atoms with Gasteiger partial charge in [-0.05, 0) is 12.1 Å². The molecule has 15 heavy (non-hydrogen) atoms. The summed E-state index contributed by atoms with van der Waals surface area (Å²) in [6, 6.07) is 4.74. The van der Waals surface area contributed by atoms with Crippen molar-refractivity contribution in [2.45, 2.75) is 6.04 Å². The highest BCUT2D eigenvalue weighted by Crippen LogP contribution is 2.14. The van der Waals surface area contributed by atoms with E-state index in [4.69, 9.17) is 15.4 Å². The number of hydrogen-bond acceptors (Lipinski definition) is 6. The molecule has 0 aliphatic rings. The predicted molar refractivity (Wildman–Crippen MR) is 51.5 cm³/mol. The quantitative estimate of drug-likeness (QED) is 0.740. The third kappa shape index (κ3) is 2.00. The number of aliphatic hydroxyl groups excluding tert-OH is 1. The third-order valence-electron chi connectivity index (χ3n) is 1.85. The van der Waals surface area contributed by atoms with E-state index in [2.05, 4.69) is 15.1 Å². The Morgan fingerprint density at radius 2 is 2.33 bits per heavy atom. The van der Waals surface area contributed by atoms with Crippen LogP contribution in [0, 0.1) is 0 Å². The molecule has 0 saturated heterocycles. The van der Waals surface area contributed by atoms with Gasteiger partial charge in [0.25, 0.3) is 0 Å². The second kappa shape index (κ2) is 4.16. The monoisotopic (exact) mass is 206 g/mol. The summed E-state index contributed by atoms with van der Waals surface area (Å²) in [6.45, 7) is -0.232. The molecule has 0 radical (unpaired) electrons. The molecule has 0 bridgehead atoms. The first kappa shape index (κ1) is 9.75. The summed E-state index contributed by atoms with van der Waals surface area (Å²) in [7, 11) is 0. The fraction of sp³-hybridized carbons (Fsp3) is 0.222. The van der Waals surface area contributed by atoms with Crippen molar-refractivity contribution in [3.05, 3.63) is 30.3 Å². The van der Waals surface area contributed by atoms with E-state index >= 15 is 0 Å². The van der Waals surface area contributed by atoms with Crippen molar-refractivity contribution >= 4 is 0 Å². The van der Waals surface area contributed by atoms with Gasteiger partial charge in [0.05, 0.1) is 6.61 Å². The van der Waals surface area contributed by atoms with Gasteiger partial charge in [0.1, 0.15) is 11.7 Å². The van der Waals surface area contributed by atoms with Gasteiger partial charge in [-0.1, -0.05) is 11.2 Å². The molecular weight excluding hydrogens is 196 g/mol. The van der Waals surface area contributed by atoms with E-state index in [0.717, 1.165) is 0 Å². The van der Waals surface area contributed by atoms with Gasteiger partial charge in [0, 0.05) is 6.20 Å². The van der Waals surface area contributed by atoms with Gasteiger partial charge in [0.2, 0.25) is 11.7 Å². The smallest absolute Gasteiger partial charge is 0.246 e. The van der Waals surface area contributed by atoms with Crippen molar-refractivity contribution in [2.24, 2.45) is 5.73 Å². The standard InChI is InChI=1S/C9H10N4O2/c10-6(5-14)9-12-8(13-15-9)7-3-1-2-4-11-7/h1-4,6,14H,5,10H2/t6-/m1/s1. The summed E-state index contributed by atoms with van der Waals surface area (Å²) in [4.78, 5) is 8.09. The Labute approximate surface area is 85.8 Å². The summed E-state index contributed by atoms with van der Waals surface area (Å²) in [5.74, 6) is 0.577. The van der Waals surface area contributed by atoms with Crippen LogP contribution in [0.4, 0.5) is 0 Å². The minimum absolute atomic E-state index is 0.207. The topological polar surface area (TPSA) is 98.1 Å². The SMILES string of the molecule is N[C@H](CO)c1nc(-c2ccccn2)no1. The second-order valence-electron chi connectivity index (χ2n) is 2.96. The van der Waals surface area contributed by atoms with Crippen LogP contribution < -0.4 is 5.73 Å². The summed E-state index contributed by atoms with van der Waals surface area (Å²) in [5, 5.41) is 12.5. The van der Waals surface area contributed by atoms with Crippen molar-refractivity contribution in [3.8, 4) is 11.5 Å². The Morgan fingerprint density at radius 1 is 1.47 bits per heavy atom. The molecule has 0 aliphatic heterocycles. The average molecular weight is 206 g/mol. The molecule has 3 N–H and O–H groups in total. The Kier molecular flexibility index (Phi) is 2.70. The van der Waals surface area contributed by atoms with Gasteiger partial charge < -0.3 is 15.4 Å². The lowest BCUT2D eigenvalue weighted by Gasteiger charge is -1.98. The van der Waals surface area contributed by atoms with Gasteiger partial charge in [-0.3, -0.25) is 4.98 Å². The lowest BCUT2D eigenvalue weighted by molar-refractivity contribution is 0.237. The van der Waals surface area contributed by atoms with Gasteiger partial charge in [-0.2, -0.15) is 4.98 Å². The molecule has 0 unspecified atom stereocenters. The first-order chi connectivity index (χ1) is 7.31. The number of nitrogens with two attached hydrogens (primary N) is 1. The highest BCUT2D eigenvalue weighted by Gasteiger charge is 2.14. The lowest BCUT2D eigenvalue weighted by atomic mass is 10.3. The number of hydrogen-bond donors (Lipinski definition) is 2. The van der Waals surface area contributed by atoms with Crippen LogP contribution in [0.3, 0.4) is 0 Å². The first-order valence-electron chi connectivity index (χ1n) is 4.42. The number of rotatable bonds is 3. The molecule has 0 spiro atoms. The van der Waals surface area contributed by atoms with Crippen molar-refractivity contribution in [3.63, 3.8) is 0 Å². The largest absolute Gasteiger partial charge is 0.394 e. The molecule has 0 saturated carbocycles. The van der Waals surface area contributed by atoms with Crippen molar-refractivity contribution in [1.29, 1.82) is 0 Å². The van der Waals surface area contributed by atoms with Gasteiger partial charge in [-0.15, -0.1) is 0 Å². The van der Waals surface area contributed by atoms with Gasteiger partial charge >= 0.3 is 0 Å². The predicted octanol–water partition coefficient (Wildman–Crippen LogP) is 0.124. The number of aliphatic hydroxyl groups is 1. The molecule has 6 nitrogen and oxygen atoms in total.